The Hall–Kier alpha value is -0.740. The van der Waals surface area contributed by atoms with Crippen molar-refractivity contribution in [3.63, 3.8) is 0 Å². The van der Waals surface area contributed by atoms with Crippen molar-refractivity contribution in [2.45, 2.75) is 83.4 Å². The van der Waals surface area contributed by atoms with E-state index in [9.17, 15) is 9.59 Å². The lowest BCUT2D eigenvalue weighted by Gasteiger charge is -2.50. The normalized spacial score (nSPS) is 28.6. The van der Waals surface area contributed by atoms with Crippen molar-refractivity contribution in [3.05, 3.63) is 0 Å². The van der Waals surface area contributed by atoms with Crippen LogP contribution in [0, 0.1) is 0 Å². The van der Waals surface area contributed by atoms with Gasteiger partial charge in [0.1, 0.15) is 5.54 Å². The molecule has 1 saturated heterocycles. The maximum absolute atomic E-state index is 12.1. The van der Waals surface area contributed by atoms with E-state index in [1.807, 2.05) is 13.8 Å². The van der Waals surface area contributed by atoms with Crippen LogP contribution in [0.5, 0.6) is 0 Å². The number of piperidine rings is 1. The zero-order valence-corrected chi connectivity index (χ0v) is 12.5. The standard InChI is InChI=1S/C15H25NO3/c1-14(2)10-12(17)13(18)15(3,4)16(14)19-11-8-6-5-7-9-11/h11H,5-10H2,1-4H3. The molecule has 0 aromatic carbocycles. The van der Waals surface area contributed by atoms with E-state index in [4.69, 9.17) is 4.84 Å². The van der Waals surface area contributed by atoms with Gasteiger partial charge in [0.15, 0.2) is 0 Å². The van der Waals surface area contributed by atoms with Crippen molar-refractivity contribution in [1.29, 1.82) is 0 Å². The van der Waals surface area contributed by atoms with Crippen LogP contribution in [0.1, 0.15) is 66.2 Å². The van der Waals surface area contributed by atoms with Gasteiger partial charge in [-0.05, 0) is 40.5 Å². The molecule has 0 aromatic rings. The summed E-state index contributed by atoms with van der Waals surface area (Å²) in [7, 11) is 0. The van der Waals surface area contributed by atoms with Crippen LogP contribution in [0.25, 0.3) is 0 Å². The molecule has 4 nitrogen and oxygen atoms in total. The quantitative estimate of drug-likeness (QED) is 0.722. The van der Waals surface area contributed by atoms with Crippen molar-refractivity contribution in [2.75, 3.05) is 0 Å². The largest absolute Gasteiger partial charge is 0.294 e. The number of Topliss-reactive ketones (excluding diaryl/α,β-unsaturated/α-hetero) is 2. The lowest BCUT2D eigenvalue weighted by molar-refractivity contribution is -0.292. The minimum absolute atomic E-state index is 0.188. The maximum atomic E-state index is 12.1. The summed E-state index contributed by atoms with van der Waals surface area (Å²) in [6.45, 7) is 7.53. The third kappa shape index (κ3) is 2.75. The maximum Gasteiger partial charge on any atom is 0.220 e. The van der Waals surface area contributed by atoms with E-state index >= 15 is 0 Å². The van der Waals surface area contributed by atoms with Gasteiger partial charge in [0.25, 0.3) is 0 Å². The van der Waals surface area contributed by atoms with Crippen molar-refractivity contribution in [1.82, 2.24) is 5.06 Å². The molecule has 2 fully saturated rings. The average molecular weight is 267 g/mol. The van der Waals surface area contributed by atoms with E-state index in [1.54, 1.807) is 18.9 Å². The van der Waals surface area contributed by atoms with E-state index in [0.29, 0.717) is 0 Å². The van der Waals surface area contributed by atoms with E-state index < -0.39 is 11.1 Å². The number of ketones is 2. The summed E-state index contributed by atoms with van der Waals surface area (Å²) >= 11 is 0. The summed E-state index contributed by atoms with van der Waals surface area (Å²) in [6, 6.07) is 0. The highest BCUT2D eigenvalue weighted by atomic mass is 16.7. The van der Waals surface area contributed by atoms with Crippen molar-refractivity contribution < 1.29 is 14.4 Å². The highest BCUT2D eigenvalue weighted by Gasteiger charge is 2.52. The van der Waals surface area contributed by atoms with E-state index in [1.165, 1.54) is 19.3 Å². The molecule has 0 aromatic heterocycles. The van der Waals surface area contributed by atoms with Crippen LogP contribution in [-0.2, 0) is 14.4 Å². The van der Waals surface area contributed by atoms with Gasteiger partial charge in [0, 0.05) is 12.0 Å². The van der Waals surface area contributed by atoms with Crippen LogP contribution >= 0.6 is 0 Å². The third-order valence-corrected chi connectivity index (χ3v) is 4.27. The predicted octanol–water partition coefficient (Wildman–Crippen LogP) is 2.65. The monoisotopic (exact) mass is 267 g/mol. The Balaban J connectivity index is 2.19. The fraction of sp³-hybridized carbons (Fsp3) is 0.867. The Kier molecular flexibility index (Phi) is 3.85. The molecule has 1 saturated carbocycles. The number of rotatable bonds is 2. The average Bonchev–Trinajstić information content (AvgIpc) is 2.34. The highest BCUT2D eigenvalue weighted by Crippen LogP contribution is 2.37. The molecular weight excluding hydrogens is 242 g/mol. The Morgan fingerprint density at radius 1 is 1.05 bits per heavy atom. The first-order chi connectivity index (χ1) is 8.75. The minimum Gasteiger partial charge on any atom is -0.294 e. The first-order valence-electron chi connectivity index (χ1n) is 7.30. The summed E-state index contributed by atoms with van der Waals surface area (Å²) < 4.78 is 0. The molecular formula is C15H25NO3. The molecule has 0 radical (unpaired) electrons. The number of hydrogen-bond acceptors (Lipinski definition) is 4. The second-order valence-corrected chi connectivity index (χ2v) is 6.96. The fourth-order valence-electron chi connectivity index (χ4n) is 3.33. The van der Waals surface area contributed by atoms with E-state index in [-0.39, 0.29) is 24.1 Å². The zero-order chi connectivity index (χ0) is 14.3. The van der Waals surface area contributed by atoms with E-state index in [2.05, 4.69) is 0 Å². The number of hydrogen-bond donors (Lipinski definition) is 0. The first kappa shape index (κ1) is 14.7. The molecule has 0 bridgehead atoms. The van der Waals surface area contributed by atoms with Gasteiger partial charge in [-0.15, -0.1) is 0 Å². The van der Waals surface area contributed by atoms with Crippen LogP contribution in [0.2, 0.25) is 0 Å². The van der Waals surface area contributed by atoms with Crippen LogP contribution in [0.15, 0.2) is 0 Å². The lowest BCUT2D eigenvalue weighted by Crippen LogP contribution is -2.66. The van der Waals surface area contributed by atoms with Gasteiger partial charge in [-0.25, -0.2) is 0 Å². The molecule has 1 heterocycles. The zero-order valence-electron chi connectivity index (χ0n) is 12.5. The van der Waals surface area contributed by atoms with Crippen molar-refractivity contribution in [2.24, 2.45) is 0 Å². The number of carbonyl (C=O) groups is 2. The van der Waals surface area contributed by atoms with Crippen LogP contribution < -0.4 is 0 Å². The molecule has 19 heavy (non-hydrogen) atoms. The second kappa shape index (κ2) is 4.98. The summed E-state index contributed by atoms with van der Waals surface area (Å²) in [4.78, 5) is 30.1. The molecule has 0 spiro atoms. The summed E-state index contributed by atoms with van der Waals surface area (Å²) in [5, 5.41) is 1.79. The topological polar surface area (TPSA) is 46.6 Å². The molecule has 2 aliphatic rings. The molecule has 2 rings (SSSR count). The van der Waals surface area contributed by atoms with Gasteiger partial charge < -0.3 is 0 Å². The lowest BCUT2D eigenvalue weighted by atomic mass is 9.80. The van der Waals surface area contributed by atoms with Crippen molar-refractivity contribution >= 4 is 11.6 Å². The predicted molar refractivity (Wildman–Crippen MR) is 72.6 cm³/mol. The van der Waals surface area contributed by atoms with Gasteiger partial charge in [-0.3, -0.25) is 14.4 Å². The van der Waals surface area contributed by atoms with Crippen LogP contribution in [0.4, 0.5) is 0 Å². The summed E-state index contributed by atoms with van der Waals surface area (Å²) in [6.07, 6.45) is 6.16. The van der Waals surface area contributed by atoms with Gasteiger partial charge in [-0.2, -0.15) is 5.06 Å². The fourth-order valence-corrected chi connectivity index (χ4v) is 3.33. The number of carbonyl (C=O) groups excluding carboxylic acids is 2. The van der Waals surface area contributed by atoms with E-state index in [0.717, 1.165) is 12.8 Å². The van der Waals surface area contributed by atoms with Gasteiger partial charge >= 0.3 is 0 Å². The SMILES string of the molecule is CC1(C)CC(=O)C(=O)C(C)(C)N1OC1CCCCC1. The van der Waals surface area contributed by atoms with Crippen LogP contribution in [0.3, 0.4) is 0 Å². The molecule has 1 aliphatic heterocycles. The summed E-state index contributed by atoms with van der Waals surface area (Å²) in [5.41, 5.74) is -1.29. The Bertz CT molecular complexity index is 381. The van der Waals surface area contributed by atoms with Gasteiger partial charge in [0.2, 0.25) is 11.6 Å². The Morgan fingerprint density at radius 3 is 2.21 bits per heavy atom. The molecule has 4 heteroatoms. The Morgan fingerprint density at radius 2 is 1.63 bits per heavy atom. The number of hydroxylamine groups is 2. The summed E-state index contributed by atoms with van der Waals surface area (Å²) in [5.74, 6) is -0.610. The molecule has 0 atom stereocenters. The molecule has 0 N–H and O–H groups in total. The van der Waals surface area contributed by atoms with Crippen LogP contribution in [-0.4, -0.2) is 33.8 Å². The first-order valence-corrected chi connectivity index (χ1v) is 7.30. The smallest absolute Gasteiger partial charge is 0.220 e. The number of nitrogens with zero attached hydrogens (tertiary/aromatic N) is 1. The molecule has 1 aliphatic carbocycles. The second-order valence-electron chi connectivity index (χ2n) is 6.96. The Labute approximate surface area is 115 Å². The minimum atomic E-state index is -0.865. The highest BCUT2D eigenvalue weighted by molar-refractivity contribution is 6.41. The molecule has 0 unspecified atom stereocenters. The molecule has 108 valence electrons. The van der Waals surface area contributed by atoms with Gasteiger partial charge in [0.05, 0.1) is 6.10 Å². The van der Waals surface area contributed by atoms with Gasteiger partial charge in [-0.1, -0.05) is 19.3 Å². The molecule has 0 amide bonds. The third-order valence-electron chi connectivity index (χ3n) is 4.27. The van der Waals surface area contributed by atoms with Crippen molar-refractivity contribution in [3.8, 4) is 0 Å².